The van der Waals surface area contributed by atoms with E-state index in [4.69, 9.17) is 4.74 Å². The molecule has 0 saturated carbocycles. The third-order valence-electron chi connectivity index (χ3n) is 3.34. The Hall–Kier alpha value is -1.51. The summed E-state index contributed by atoms with van der Waals surface area (Å²) in [5, 5.41) is 2.92. The fourth-order valence-electron chi connectivity index (χ4n) is 2.34. The van der Waals surface area contributed by atoms with Crippen LogP contribution in [0.4, 0.5) is 5.69 Å². The van der Waals surface area contributed by atoms with Gasteiger partial charge in [0.2, 0.25) is 5.91 Å². The summed E-state index contributed by atoms with van der Waals surface area (Å²) in [6.07, 6.45) is 0.545. The van der Waals surface area contributed by atoms with Gasteiger partial charge < -0.3 is 10.1 Å². The van der Waals surface area contributed by atoms with Gasteiger partial charge in [0.25, 0.3) is 0 Å². The summed E-state index contributed by atoms with van der Waals surface area (Å²) in [6.45, 7) is 6.50. The highest BCUT2D eigenvalue weighted by atomic mass is 16.5. The van der Waals surface area contributed by atoms with Crippen LogP contribution >= 0.6 is 0 Å². The van der Waals surface area contributed by atoms with E-state index in [0.717, 1.165) is 11.4 Å². The monoisotopic (exact) mass is 233 g/mol. The van der Waals surface area contributed by atoms with Gasteiger partial charge in [-0.25, -0.2) is 0 Å². The average molecular weight is 233 g/mol. The lowest BCUT2D eigenvalue weighted by Crippen LogP contribution is -2.30. The highest BCUT2D eigenvalue weighted by Crippen LogP contribution is 2.44. The Kier molecular flexibility index (Phi) is 2.86. The van der Waals surface area contributed by atoms with Crippen molar-refractivity contribution in [3.63, 3.8) is 0 Å². The lowest BCUT2D eigenvalue weighted by Gasteiger charge is -2.35. The summed E-state index contributed by atoms with van der Waals surface area (Å²) in [5.74, 6) is 1.18. The lowest BCUT2D eigenvalue weighted by atomic mass is 9.72. The van der Waals surface area contributed by atoms with Gasteiger partial charge in [-0.15, -0.1) is 0 Å². The summed E-state index contributed by atoms with van der Waals surface area (Å²) < 4.78 is 5.26. The molecule has 1 amide bonds. The topological polar surface area (TPSA) is 38.3 Å². The smallest absolute Gasteiger partial charge is 0.225 e. The van der Waals surface area contributed by atoms with E-state index < -0.39 is 0 Å². The summed E-state index contributed by atoms with van der Waals surface area (Å²) >= 11 is 0. The maximum Gasteiger partial charge on any atom is 0.225 e. The van der Waals surface area contributed by atoms with E-state index in [-0.39, 0.29) is 17.2 Å². The number of methoxy groups -OCH3 is 1. The van der Waals surface area contributed by atoms with Crippen molar-refractivity contribution in [2.75, 3.05) is 12.4 Å². The fourth-order valence-corrected chi connectivity index (χ4v) is 2.34. The van der Waals surface area contributed by atoms with Crippen LogP contribution in [0.1, 0.15) is 38.7 Å². The quantitative estimate of drug-likeness (QED) is 0.809. The Morgan fingerprint density at radius 1 is 1.35 bits per heavy atom. The molecule has 0 radical (unpaired) electrons. The van der Waals surface area contributed by atoms with Crippen LogP contribution in [0.15, 0.2) is 18.2 Å². The van der Waals surface area contributed by atoms with Crippen LogP contribution in [0.25, 0.3) is 0 Å². The second-order valence-electron chi connectivity index (χ2n) is 5.62. The van der Waals surface area contributed by atoms with Crippen LogP contribution < -0.4 is 10.1 Å². The molecule has 92 valence electrons. The molecule has 1 aromatic carbocycles. The first-order valence-electron chi connectivity index (χ1n) is 5.89. The molecule has 0 aromatic heterocycles. The fraction of sp³-hybridized carbons (Fsp3) is 0.500. The molecule has 0 aliphatic carbocycles. The molecule has 1 aliphatic heterocycles. The molecule has 0 bridgehead atoms. The Balaban J connectivity index is 2.50. The second kappa shape index (κ2) is 4.06. The van der Waals surface area contributed by atoms with Crippen LogP contribution in [0.3, 0.4) is 0 Å². The minimum Gasteiger partial charge on any atom is -0.497 e. The number of hydrogen-bond donors (Lipinski definition) is 1. The number of benzene rings is 1. The maximum absolute atomic E-state index is 11.7. The van der Waals surface area contributed by atoms with Crippen molar-refractivity contribution in [1.82, 2.24) is 0 Å². The number of carbonyl (C=O) groups excluding carboxylic acids is 1. The van der Waals surface area contributed by atoms with Crippen LogP contribution in [0, 0.1) is 5.41 Å². The highest BCUT2D eigenvalue weighted by Gasteiger charge is 2.33. The molecular formula is C14H19NO2. The highest BCUT2D eigenvalue weighted by molar-refractivity contribution is 5.95. The number of rotatable bonds is 1. The van der Waals surface area contributed by atoms with Crippen LogP contribution in [-0.4, -0.2) is 13.0 Å². The predicted molar refractivity (Wildman–Crippen MR) is 68.4 cm³/mol. The molecule has 17 heavy (non-hydrogen) atoms. The van der Waals surface area contributed by atoms with Gasteiger partial charge in [-0.05, 0) is 35.1 Å². The SMILES string of the molecule is COc1ccc2c(c1)C(C(C)(C)C)CC(=O)N2. The largest absolute Gasteiger partial charge is 0.497 e. The van der Waals surface area contributed by atoms with Crippen molar-refractivity contribution < 1.29 is 9.53 Å². The summed E-state index contributed by atoms with van der Waals surface area (Å²) in [4.78, 5) is 11.7. The van der Waals surface area contributed by atoms with E-state index >= 15 is 0 Å². The molecular weight excluding hydrogens is 214 g/mol. The third-order valence-corrected chi connectivity index (χ3v) is 3.34. The minimum absolute atomic E-state index is 0.0683. The van der Waals surface area contributed by atoms with Crippen molar-refractivity contribution in [2.45, 2.75) is 33.1 Å². The zero-order valence-corrected chi connectivity index (χ0v) is 10.8. The zero-order valence-electron chi connectivity index (χ0n) is 10.8. The van der Waals surface area contributed by atoms with Crippen molar-refractivity contribution in [3.05, 3.63) is 23.8 Å². The third kappa shape index (κ3) is 2.28. The zero-order chi connectivity index (χ0) is 12.6. The Morgan fingerprint density at radius 3 is 2.65 bits per heavy atom. The van der Waals surface area contributed by atoms with E-state index in [1.54, 1.807) is 7.11 Å². The van der Waals surface area contributed by atoms with Gasteiger partial charge in [-0.3, -0.25) is 4.79 Å². The number of ether oxygens (including phenoxy) is 1. The average Bonchev–Trinajstić information content (AvgIpc) is 2.26. The number of fused-ring (bicyclic) bond motifs is 1. The Bertz CT molecular complexity index is 446. The number of amides is 1. The van der Waals surface area contributed by atoms with Gasteiger partial charge in [-0.2, -0.15) is 0 Å². The van der Waals surface area contributed by atoms with E-state index in [9.17, 15) is 4.79 Å². The number of anilines is 1. The molecule has 0 fully saturated rings. The number of hydrogen-bond acceptors (Lipinski definition) is 2. The van der Waals surface area contributed by atoms with Gasteiger partial charge in [0.1, 0.15) is 5.75 Å². The van der Waals surface area contributed by atoms with E-state index in [1.165, 1.54) is 5.56 Å². The van der Waals surface area contributed by atoms with Gasteiger partial charge in [-0.1, -0.05) is 20.8 Å². The van der Waals surface area contributed by atoms with Crippen molar-refractivity contribution in [2.24, 2.45) is 5.41 Å². The van der Waals surface area contributed by atoms with Crippen LogP contribution in [-0.2, 0) is 4.79 Å². The van der Waals surface area contributed by atoms with Crippen molar-refractivity contribution >= 4 is 11.6 Å². The summed E-state index contributed by atoms with van der Waals surface area (Å²) in [7, 11) is 1.66. The van der Waals surface area contributed by atoms with Crippen LogP contribution in [0.5, 0.6) is 5.75 Å². The van der Waals surface area contributed by atoms with E-state index in [2.05, 4.69) is 26.1 Å². The molecule has 0 saturated heterocycles. The molecule has 1 N–H and O–H groups in total. The van der Waals surface area contributed by atoms with Gasteiger partial charge in [0.05, 0.1) is 7.11 Å². The predicted octanol–water partition coefficient (Wildman–Crippen LogP) is 3.17. The van der Waals surface area contributed by atoms with Gasteiger partial charge in [0, 0.05) is 12.1 Å². The van der Waals surface area contributed by atoms with E-state index in [1.807, 2.05) is 18.2 Å². The molecule has 1 aromatic rings. The normalized spacial score (nSPS) is 19.5. The maximum atomic E-state index is 11.7. The number of nitrogens with one attached hydrogen (secondary N) is 1. The molecule has 1 aliphatic rings. The first-order chi connectivity index (χ1) is 7.91. The van der Waals surface area contributed by atoms with Gasteiger partial charge in [0.15, 0.2) is 0 Å². The second-order valence-corrected chi connectivity index (χ2v) is 5.62. The van der Waals surface area contributed by atoms with Crippen molar-refractivity contribution in [1.29, 1.82) is 0 Å². The molecule has 1 atom stereocenters. The van der Waals surface area contributed by atoms with Crippen LogP contribution in [0.2, 0.25) is 0 Å². The molecule has 3 nitrogen and oxygen atoms in total. The standard InChI is InChI=1S/C14H19NO2/c1-14(2,3)11-8-13(16)15-12-6-5-9(17-4)7-10(11)12/h5-7,11H,8H2,1-4H3,(H,15,16). The molecule has 1 heterocycles. The molecule has 3 heteroatoms. The summed E-state index contributed by atoms with van der Waals surface area (Å²) in [5.41, 5.74) is 2.16. The van der Waals surface area contributed by atoms with Crippen molar-refractivity contribution in [3.8, 4) is 5.75 Å². The number of carbonyl (C=O) groups is 1. The Labute approximate surface area is 102 Å². The molecule has 0 spiro atoms. The first kappa shape index (κ1) is 12.0. The minimum atomic E-state index is 0.0683. The lowest BCUT2D eigenvalue weighted by molar-refractivity contribution is -0.117. The molecule has 2 rings (SSSR count). The van der Waals surface area contributed by atoms with Gasteiger partial charge >= 0.3 is 0 Å². The first-order valence-corrected chi connectivity index (χ1v) is 5.89. The summed E-state index contributed by atoms with van der Waals surface area (Å²) in [6, 6.07) is 5.83. The van der Waals surface area contributed by atoms with E-state index in [0.29, 0.717) is 6.42 Å². The Morgan fingerprint density at radius 2 is 2.06 bits per heavy atom. The molecule has 1 unspecified atom stereocenters.